The van der Waals surface area contributed by atoms with Gasteiger partial charge in [0.15, 0.2) is 11.0 Å². The Labute approximate surface area is 171 Å². The highest BCUT2D eigenvalue weighted by atomic mass is 79.9. The van der Waals surface area contributed by atoms with Crippen LogP contribution in [0.25, 0.3) is 11.0 Å². The highest BCUT2D eigenvalue weighted by Crippen LogP contribution is 2.14. The minimum absolute atomic E-state index is 0. The number of rotatable bonds is 4. The summed E-state index contributed by atoms with van der Waals surface area (Å²) < 4.78 is 4.68. The molecule has 0 saturated heterocycles. The molecule has 0 spiro atoms. The number of para-hydroxylation sites is 2. The van der Waals surface area contributed by atoms with Gasteiger partial charge in [-0.25, -0.2) is 9.13 Å². The Morgan fingerprint density at radius 3 is 1.93 bits per heavy atom. The number of hydrogen-bond donors (Lipinski definition) is 0. The van der Waals surface area contributed by atoms with Crippen LogP contribution in [0.4, 0.5) is 0 Å². The topological polar surface area (TPSA) is 40.3 Å². The second kappa shape index (κ2) is 8.98. The Morgan fingerprint density at radius 2 is 1.30 bits per heavy atom. The molecule has 0 aliphatic heterocycles. The summed E-state index contributed by atoms with van der Waals surface area (Å²) in [5.41, 5.74) is 7.80. The molecule has 0 unspecified atom stereocenters. The molecule has 1 aromatic heterocycles. The van der Waals surface area contributed by atoms with Crippen LogP contribution in [-0.4, -0.2) is 10.0 Å². The van der Waals surface area contributed by atoms with E-state index in [-0.39, 0.29) is 22.5 Å². The van der Waals surface area contributed by atoms with Gasteiger partial charge in [-0.2, -0.15) is 0 Å². The number of fused-ring (bicyclic) bond motifs is 1. The lowest BCUT2D eigenvalue weighted by Gasteiger charge is -2.00. The second-order valence-corrected chi connectivity index (χ2v) is 6.83. The molecule has 0 saturated carbocycles. The minimum Gasteiger partial charge on any atom is -1.00 e. The van der Waals surface area contributed by atoms with Gasteiger partial charge in [-0.05, 0) is 37.1 Å². The molecule has 0 bridgehead atoms. The third-order valence-corrected chi connectivity index (χ3v) is 4.73. The van der Waals surface area contributed by atoms with Gasteiger partial charge in [0.05, 0.1) is 0 Å². The summed E-state index contributed by atoms with van der Waals surface area (Å²) in [4.78, 5) is 0. The van der Waals surface area contributed by atoms with Gasteiger partial charge in [0.2, 0.25) is 6.33 Å². The summed E-state index contributed by atoms with van der Waals surface area (Å²) in [6.07, 6.45) is 2.24. The molecule has 0 aliphatic rings. The Bertz CT molecular complexity index is 923. The van der Waals surface area contributed by atoms with Crippen LogP contribution in [0.1, 0.15) is 22.3 Å². The van der Waals surface area contributed by atoms with Crippen molar-refractivity contribution in [2.24, 2.45) is 0 Å². The average Bonchev–Trinajstić information content (AvgIpc) is 2.97. The van der Waals surface area contributed by atoms with Crippen molar-refractivity contribution in [3.8, 4) is 0 Å². The fraction of sp³-hybridized carbons (Fsp3) is 0.174. The maximum absolute atomic E-state index is 2.34. The first-order valence-electron chi connectivity index (χ1n) is 8.77. The molecule has 27 heavy (non-hydrogen) atoms. The maximum Gasteiger partial charge on any atom is 0.245 e. The number of imidazole rings is 1. The van der Waals surface area contributed by atoms with Crippen molar-refractivity contribution in [3.63, 3.8) is 0 Å². The number of aryl methyl sites for hydroxylation is 2. The summed E-state index contributed by atoms with van der Waals surface area (Å²) in [5.74, 6) is 0. The van der Waals surface area contributed by atoms with Gasteiger partial charge in [0.1, 0.15) is 13.1 Å². The Kier molecular flexibility index (Phi) is 6.94. The van der Waals surface area contributed by atoms with Crippen molar-refractivity contribution >= 4 is 11.0 Å². The number of halogens is 1. The van der Waals surface area contributed by atoms with Crippen LogP contribution in [0.15, 0.2) is 79.1 Å². The standard InChI is InChI=1S/C23H23N2.BrH.H2O/c1-18-7-11-20(12-8-18)15-24-17-25(23-6-4-3-5-22(23)24)16-21-13-9-19(2)10-14-21;;/h3-14,17H,15-16H2,1-2H3;1H;1H2/q+1;;/p-1. The van der Waals surface area contributed by atoms with Gasteiger partial charge in [0, 0.05) is 0 Å². The molecule has 3 nitrogen and oxygen atoms in total. The van der Waals surface area contributed by atoms with Crippen molar-refractivity contribution in [3.05, 3.63) is 101 Å². The zero-order valence-corrected chi connectivity index (χ0v) is 17.3. The lowest BCUT2D eigenvalue weighted by molar-refractivity contribution is -0.663. The lowest BCUT2D eigenvalue weighted by Crippen LogP contribution is -3.00. The summed E-state index contributed by atoms with van der Waals surface area (Å²) in [6, 6.07) is 26.2. The SMILES string of the molecule is Cc1ccc(Cn2c[n+](Cc3ccc(C)cc3)c3ccccc32)cc1.O.[Br-]. The van der Waals surface area contributed by atoms with Crippen LogP contribution in [0, 0.1) is 13.8 Å². The van der Waals surface area contributed by atoms with E-state index in [2.05, 4.69) is 102 Å². The molecule has 0 amide bonds. The van der Waals surface area contributed by atoms with E-state index in [0.717, 1.165) is 13.1 Å². The largest absolute Gasteiger partial charge is 1.00 e. The number of nitrogens with zero attached hydrogens (tertiary/aromatic N) is 2. The Morgan fingerprint density at radius 1 is 0.741 bits per heavy atom. The van der Waals surface area contributed by atoms with Crippen molar-refractivity contribution in [2.45, 2.75) is 26.9 Å². The van der Waals surface area contributed by atoms with E-state index in [9.17, 15) is 0 Å². The van der Waals surface area contributed by atoms with E-state index in [4.69, 9.17) is 0 Å². The fourth-order valence-electron chi connectivity index (χ4n) is 3.27. The predicted octanol–water partition coefficient (Wildman–Crippen LogP) is 0.822. The molecule has 4 heteroatoms. The first kappa shape index (κ1) is 20.9. The molecule has 0 atom stereocenters. The zero-order chi connectivity index (χ0) is 17.2. The molecule has 0 radical (unpaired) electrons. The van der Waals surface area contributed by atoms with Crippen molar-refractivity contribution < 1.29 is 27.0 Å². The third kappa shape index (κ3) is 4.65. The van der Waals surface area contributed by atoms with E-state index in [1.807, 2.05) is 0 Å². The van der Waals surface area contributed by atoms with Crippen LogP contribution in [0.3, 0.4) is 0 Å². The van der Waals surface area contributed by atoms with E-state index >= 15 is 0 Å². The molecular weight excluding hydrogens is 400 g/mol. The summed E-state index contributed by atoms with van der Waals surface area (Å²) in [5, 5.41) is 0. The Hall–Kier alpha value is -2.43. The van der Waals surface area contributed by atoms with E-state index in [0.29, 0.717) is 0 Å². The Balaban J connectivity index is 0.00000131. The normalized spacial score (nSPS) is 10.3. The number of hydrogen-bond acceptors (Lipinski definition) is 0. The third-order valence-electron chi connectivity index (χ3n) is 4.73. The van der Waals surface area contributed by atoms with Gasteiger partial charge in [-0.1, -0.05) is 71.8 Å². The lowest BCUT2D eigenvalue weighted by atomic mass is 10.1. The molecule has 140 valence electrons. The van der Waals surface area contributed by atoms with E-state index in [1.54, 1.807) is 0 Å². The van der Waals surface area contributed by atoms with Crippen LogP contribution in [0.5, 0.6) is 0 Å². The molecule has 4 rings (SSSR count). The van der Waals surface area contributed by atoms with E-state index < -0.39 is 0 Å². The zero-order valence-electron chi connectivity index (χ0n) is 15.7. The van der Waals surface area contributed by atoms with Crippen LogP contribution in [0.2, 0.25) is 0 Å². The molecule has 2 N–H and O–H groups in total. The molecule has 3 aromatic carbocycles. The molecule has 0 aliphatic carbocycles. The van der Waals surface area contributed by atoms with Crippen LogP contribution < -0.4 is 21.5 Å². The van der Waals surface area contributed by atoms with Gasteiger partial charge >= 0.3 is 0 Å². The van der Waals surface area contributed by atoms with E-state index in [1.165, 1.54) is 33.3 Å². The minimum atomic E-state index is 0. The quantitative estimate of drug-likeness (QED) is 0.435. The van der Waals surface area contributed by atoms with Gasteiger partial charge in [0.25, 0.3) is 0 Å². The summed E-state index contributed by atoms with van der Waals surface area (Å²) in [6.45, 7) is 6.04. The van der Waals surface area contributed by atoms with Crippen molar-refractivity contribution in [1.82, 2.24) is 4.57 Å². The van der Waals surface area contributed by atoms with Gasteiger partial charge in [-0.15, -0.1) is 0 Å². The highest BCUT2D eigenvalue weighted by Gasteiger charge is 2.15. The molecular formula is C23H25BrN2O. The molecule has 0 fully saturated rings. The smallest absolute Gasteiger partial charge is 0.245 e. The van der Waals surface area contributed by atoms with Crippen molar-refractivity contribution in [1.29, 1.82) is 0 Å². The monoisotopic (exact) mass is 424 g/mol. The van der Waals surface area contributed by atoms with Crippen molar-refractivity contribution in [2.75, 3.05) is 0 Å². The first-order valence-corrected chi connectivity index (χ1v) is 8.77. The molecule has 1 heterocycles. The fourth-order valence-corrected chi connectivity index (χ4v) is 3.27. The average molecular weight is 425 g/mol. The maximum atomic E-state index is 2.34. The van der Waals surface area contributed by atoms with Crippen LogP contribution in [-0.2, 0) is 13.1 Å². The summed E-state index contributed by atoms with van der Waals surface area (Å²) >= 11 is 0. The number of aromatic nitrogens is 2. The second-order valence-electron chi connectivity index (χ2n) is 6.83. The predicted molar refractivity (Wildman–Crippen MR) is 106 cm³/mol. The van der Waals surface area contributed by atoms with Gasteiger partial charge in [-0.3, -0.25) is 0 Å². The van der Waals surface area contributed by atoms with Crippen LogP contribution >= 0.6 is 0 Å². The summed E-state index contributed by atoms with van der Waals surface area (Å²) in [7, 11) is 0. The molecule has 4 aromatic rings. The van der Waals surface area contributed by atoms with Gasteiger partial charge < -0.3 is 22.5 Å². The highest BCUT2D eigenvalue weighted by molar-refractivity contribution is 5.71. The number of benzene rings is 3. The first-order chi connectivity index (χ1) is 12.2.